The van der Waals surface area contributed by atoms with Crippen LogP contribution in [0.1, 0.15) is 0 Å². The normalized spacial score (nSPS) is 13.7. The summed E-state index contributed by atoms with van der Waals surface area (Å²) in [5, 5.41) is 0.774. The molecule has 0 bridgehead atoms. The summed E-state index contributed by atoms with van der Waals surface area (Å²) in [5.74, 6) is 0. The van der Waals surface area contributed by atoms with Crippen LogP contribution in [0.3, 0.4) is 0 Å². The Morgan fingerprint density at radius 2 is 0.680 bits per heavy atom. The van der Waals surface area contributed by atoms with Crippen molar-refractivity contribution in [3.63, 3.8) is 0 Å². The molecule has 0 aromatic heterocycles. The van der Waals surface area contributed by atoms with E-state index in [-0.39, 0.29) is 0 Å². The van der Waals surface area contributed by atoms with Crippen LogP contribution >= 0.6 is 23.4 Å². The Bertz CT molecular complexity index is 775. The Hall–Kier alpha value is -2.04. The third-order valence-corrected chi connectivity index (χ3v) is 11.1. The molecule has 3 unspecified atom stereocenters. The van der Waals surface area contributed by atoms with E-state index in [0.717, 1.165) is 0 Å². The lowest BCUT2D eigenvalue weighted by atomic mass is 10.4. The molecule has 122 valence electrons. The molecule has 0 heterocycles. The van der Waals surface area contributed by atoms with Crippen LogP contribution in [-0.4, -0.2) is 5.14 Å². The second-order valence-corrected chi connectivity index (χ2v) is 11.6. The maximum absolute atomic E-state index is 13.2. The summed E-state index contributed by atoms with van der Waals surface area (Å²) in [4.78, 5) is 0. The van der Waals surface area contributed by atoms with Gasteiger partial charge in [-0.3, -0.25) is 0 Å². The maximum atomic E-state index is 13.2. The van der Waals surface area contributed by atoms with Gasteiger partial charge in [-0.2, -0.15) is 0 Å². The molecule has 3 rings (SSSR count). The first-order valence-electron chi connectivity index (χ1n) is 7.73. The molecule has 0 aliphatic rings. The van der Waals surface area contributed by atoms with Gasteiger partial charge in [0.1, 0.15) is 0 Å². The summed E-state index contributed by atoms with van der Waals surface area (Å²) in [6.07, 6.45) is 0. The van der Waals surface area contributed by atoms with Gasteiger partial charge in [0.2, 0.25) is 0 Å². The van der Waals surface area contributed by atoms with Crippen LogP contribution in [0.4, 0.5) is 0 Å². The molecule has 0 aliphatic heterocycles. The summed E-state index contributed by atoms with van der Waals surface area (Å²) in [7, 11) is -6.25. The lowest BCUT2D eigenvalue weighted by Crippen LogP contribution is -2.12. The third-order valence-electron chi connectivity index (χ3n) is 3.66. The molecule has 0 N–H and O–H groups in total. The highest BCUT2D eigenvalue weighted by Gasteiger charge is 2.64. The van der Waals surface area contributed by atoms with Crippen LogP contribution in [0.15, 0.2) is 91.0 Å². The largest absolute Gasteiger partial charge is 0.524 e. The minimum Gasteiger partial charge on any atom is -0.0619 e. The van der Waals surface area contributed by atoms with Crippen LogP contribution < -0.4 is 15.9 Å². The van der Waals surface area contributed by atoms with Crippen LogP contribution in [-0.2, 0) is 13.7 Å². The minimum atomic E-state index is -2.08. The van der Waals surface area contributed by atoms with E-state index in [1.165, 1.54) is 0 Å². The fraction of sp³-hybridized carbons (Fsp3) is 0.0526. The Labute approximate surface area is 149 Å². The summed E-state index contributed by atoms with van der Waals surface area (Å²) < 4.78 is 39.5. The molecule has 0 radical (unpaired) electrons. The molecule has 0 saturated heterocycles. The van der Waals surface area contributed by atoms with Gasteiger partial charge in [0.25, 0.3) is 0 Å². The van der Waals surface area contributed by atoms with Crippen LogP contribution in [0.25, 0.3) is 0 Å². The molecule has 6 heteroatoms. The summed E-state index contributed by atoms with van der Waals surface area (Å²) >= 11 is 0. The van der Waals surface area contributed by atoms with Crippen molar-refractivity contribution in [1.29, 1.82) is 0 Å². The van der Waals surface area contributed by atoms with Crippen molar-refractivity contribution >= 4 is 39.3 Å². The van der Waals surface area contributed by atoms with Crippen molar-refractivity contribution in [2.45, 2.75) is 5.14 Å². The standard InChI is InChI=1S/C19H16O3P3/c20-23(16-10-4-1-5-11-16)19(24(21)17-12-6-2-7-13-17)25(22)18-14-8-3-9-15-18/h1-15,19H/q+3. The molecular weight excluding hydrogens is 369 g/mol. The van der Waals surface area contributed by atoms with Gasteiger partial charge < -0.3 is 0 Å². The Kier molecular flexibility index (Phi) is 5.95. The first-order valence-corrected chi connectivity index (χ1v) is 11.7. The molecule has 0 aliphatic carbocycles. The van der Waals surface area contributed by atoms with Gasteiger partial charge >= 0.3 is 28.5 Å². The van der Waals surface area contributed by atoms with E-state index in [0.29, 0.717) is 15.9 Å². The molecule has 25 heavy (non-hydrogen) atoms. The highest BCUT2D eigenvalue weighted by Crippen LogP contribution is 2.56. The molecule has 3 aromatic rings. The highest BCUT2D eigenvalue weighted by atomic mass is 31.2. The second kappa shape index (κ2) is 8.37. The quantitative estimate of drug-likeness (QED) is 0.577. The molecule has 0 spiro atoms. The SMILES string of the molecule is O=[P+](c1ccccc1)C([P+](=O)c1ccccc1)[P+](=O)c1ccccc1. The molecule has 3 atom stereocenters. The summed E-state index contributed by atoms with van der Waals surface area (Å²) in [5.41, 5.74) is 0. The van der Waals surface area contributed by atoms with Crippen LogP contribution in [0.5, 0.6) is 0 Å². The first kappa shape index (κ1) is 17.8. The second-order valence-electron chi connectivity index (χ2n) is 5.33. The van der Waals surface area contributed by atoms with Gasteiger partial charge in [0.05, 0.1) is 0 Å². The number of hydrogen-bond donors (Lipinski definition) is 0. The average Bonchev–Trinajstić information content (AvgIpc) is 2.70. The molecule has 3 aromatic carbocycles. The average molecular weight is 385 g/mol. The first-order chi connectivity index (χ1) is 12.2. The van der Waals surface area contributed by atoms with Crippen molar-refractivity contribution in [3.05, 3.63) is 91.0 Å². The molecule has 0 amide bonds. The third kappa shape index (κ3) is 4.14. The molecule has 3 nitrogen and oxygen atoms in total. The van der Waals surface area contributed by atoms with E-state index in [1.54, 1.807) is 72.8 Å². The van der Waals surface area contributed by atoms with Crippen LogP contribution in [0.2, 0.25) is 0 Å². The Balaban J connectivity index is 2.04. The fourth-order valence-corrected chi connectivity index (χ4v) is 9.29. The van der Waals surface area contributed by atoms with E-state index in [4.69, 9.17) is 0 Å². The lowest BCUT2D eigenvalue weighted by Gasteiger charge is -1.91. The van der Waals surface area contributed by atoms with Crippen molar-refractivity contribution in [1.82, 2.24) is 0 Å². The van der Waals surface area contributed by atoms with Gasteiger partial charge in [0, 0.05) is 0 Å². The number of hydrogen-bond acceptors (Lipinski definition) is 3. The maximum Gasteiger partial charge on any atom is 0.524 e. The van der Waals surface area contributed by atoms with Gasteiger partial charge in [-0.1, -0.05) is 68.3 Å². The Morgan fingerprint density at radius 1 is 0.440 bits per heavy atom. The van der Waals surface area contributed by atoms with E-state index in [1.807, 2.05) is 18.2 Å². The highest BCUT2D eigenvalue weighted by molar-refractivity contribution is 7.86. The van der Waals surface area contributed by atoms with Gasteiger partial charge in [-0.15, -0.1) is 0 Å². The van der Waals surface area contributed by atoms with Crippen LogP contribution in [0, 0.1) is 0 Å². The van der Waals surface area contributed by atoms with Gasteiger partial charge in [-0.25, -0.2) is 0 Å². The number of benzene rings is 3. The molecule has 0 fully saturated rings. The minimum absolute atomic E-state index is 0.570. The van der Waals surface area contributed by atoms with Crippen molar-refractivity contribution < 1.29 is 13.7 Å². The lowest BCUT2D eigenvalue weighted by molar-refractivity contribution is 0.580. The fourth-order valence-electron chi connectivity index (χ4n) is 2.41. The number of rotatable bonds is 6. The zero-order chi connectivity index (χ0) is 17.6. The van der Waals surface area contributed by atoms with Gasteiger partial charge in [-0.05, 0) is 36.4 Å². The molecular formula is C19H16O3P3+3. The Morgan fingerprint density at radius 3 is 0.920 bits per heavy atom. The summed E-state index contributed by atoms with van der Waals surface area (Å²) in [6, 6.07) is 26.6. The van der Waals surface area contributed by atoms with E-state index < -0.39 is 28.5 Å². The smallest absolute Gasteiger partial charge is 0.0619 e. The zero-order valence-electron chi connectivity index (χ0n) is 13.3. The van der Waals surface area contributed by atoms with E-state index in [9.17, 15) is 13.7 Å². The monoisotopic (exact) mass is 385 g/mol. The predicted molar refractivity (Wildman–Crippen MR) is 105 cm³/mol. The summed E-state index contributed by atoms with van der Waals surface area (Å²) in [6.45, 7) is 0. The zero-order valence-corrected chi connectivity index (χ0v) is 16.0. The van der Waals surface area contributed by atoms with Crippen molar-refractivity contribution in [2.75, 3.05) is 0 Å². The van der Waals surface area contributed by atoms with E-state index in [2.05, 4.69) is 0 Å². The van der Waals surface area contributed by atoms with Crippen molar-refractivity contribution in [3.8, 4) is 0 Å². The van der Waals surface area contributed by atoms with E-state index >= 15 is 0 Å². The molecule has 0 saturated carbocycles. The topological polar surface area (TPSA) is 51.2 Å². The van der Waals surface area contributed by atoms with Crippen molar-refractivity contribution in [2.24, 2.45) is 0 Å². The predicted octanol–water partition coefficient (Wildman–Crippen LogP) is 4.73. The van der Waals surface area contributed by atoms with Gasteiger partial charge in [0.15, 0.2) is 15.9 Å².